The summed E-state index contributed by atoms with van der Waals surface area (Å²) in [5.41, 5.74) is 0.0649. The molecule has 0 bridgehead atoms. The lowest BCUT2D eigenvalue weighted by molar-refractivity contribution is 0.0546. The highest BCUT2D eigenvalue weighted by molar-refractivity contribution is 7.58. The molecule has 0 aliphatic rings. The number of rotatable bonds is 4. The summed E-state index contributed by atoms with van der Waals surface area (Å²) >= 11 is 0. The van der Waals surface area contributed by atoms with Crippen molar-refractivity contribution < 1.29 is 18.6 Å². The second kappa shape index (κ2) is 6.22. The van der Waals surface area contributed by atoms with Gasteiger partial charge < -0.3 is 9.26 Å². The molecule has 0 aliphatic carbocycles. The molecule has 0 radical (unpaired) electrons. The van der Waals surface area contributed by atoms with Crippen LogP contribution in [0.25, 0.3) is 0 Å². The van der Waals surface area contributed by atoms with E-state index in [2.05, 4.69) is 5.32 Å². The lowest BCUT2D eigenvalue weighted by Crippen LogP contribution is -2.31. The quantitative estimate of drug-likeness (QED) is 0.792. The molecule has 0 rings (SSSR count). The number of alkyl carbamates (subject to hydrolysis) is 1. The summed E-state index contributed by atoms with van der Waals surface area (Å²) in [6.45, 7) is 8.62. The van der Waals surface area contributed by atoms with Crippen LogP contribution in [0.4, 0.5) is 4.79 Å². The van der Waals surface area contributed by atoms with Crippen LogP contribution < -0.4 is 5.32 Å². The Hall–Kier alpha value is -0.800. The van der Waals surface area contributed by atoms with Crippen LogP contribution in [0.1, 0.15) is 27.7 Å². The van der Waals surface area contributed by atoms with Gasteiger partial charge in [0.1, 0.15) is 5.60 Å². The Morgan fingerprint density at radius 3 is 2.35 bits per heavy atom. The highest BCUT2D eigenvalue weighted by atomic mass is 31.2. The molecule has 0 aromatic rings. The fourth-order valence-corrected chi connectivity index (χ4v) is 1.65. The van der Waals surface area contributed by atoms with Gasteiger partial charge in [0, 0.05) is 25.6 Å². The Balaban J connectivity index is 4.27. The molecule has 0 aliphatic heterocycles. The summed E-state index contributed by atoms with van der Waals surface area (Å²) in [6, 6.07) is 0. The average molecular weight is 263 g/mol. The first-order valence-electron chi connectivity index (χ1n) is 5.35. The second-order valence-corrected chi connectivity index (χ2v) is 7.65. The van der Waals surface area contributed by atoms with Crippen molar-refractivity contribution >= 4 is 13.5 Å². The lowest BCUT2D eigenvalue weighted by atomic mass is 10.2. The Labute approximate surface area is 103 Å². The summed E-state index contributed by atoms with van der Waals surface area (Å²) in [6.07, 6.45) is 1.42. The van der Waals surface area contributed by atoms with Crippen LogP contribution in [0.15, 0.2) is 11.8 Å². The molecule has 0 saturated heterocycles. The maximum atomic E-state index is 11.6. The maximum absolute atomic E-state index is 11.6. The van der Waals surface area contributed by atoms with Crippen LogP contribution in [0, 0.1) is 0 Å². The van der Waals surface area contributed by atoms with Gasteiger partial charge in [-0.15, -0.1) is 0 Å². The van der Waals surface area contributed by atoms with E-state index in [0.717, 1.165) is 0 Å². The Morgan fingerprint density at radius 2 is 1.94 bits per heavy atom. The van der Waals surface area contributed by atoms with Gasteiger partial charge in [-0.1, -0.05) is 6.08 Å². The van der Waals surface area contributed by atoms with Gasteiger partial charge in [0.2, 0.25) is 7.37 Å². The van der Waals surface area contributed by atoms with Crippen LogP contribution in [-0.4, -0.2) is 31.6 Å². The SMILES string of the molecule is COP(C)(=O)C/C=C(/C)NC(=O)OC(C)(C)C. The van der Waals surface area contributed by atoms with Crippen LogP contribution in [0.2, 0.25) is 0 Å². The molecule has 1 atom stereocenters. The van der Waals surface area contributed by atoms with Crippen molar-refractivity contribution in [3.05, 3.63) is 11.8 Å². The molecule has 1 N–H and O–H groups in total. The van der Waals surface area contributed by atoms with E-state index in [1.54, 1.807) is 40.4 Å². The molecule has 5 nitrogen and oxygen atoms in total. The van der Waals surface area contributed by atoms with Crippen molar-refractivity contribution in [1.82, 2.24) is 5.32 Å². The summed E-state index contributed by atoms with van der Waals surface area (Å²) in [5.74, 6) is 0. The smallest absolute Gasteiger partial charge is 0.411 e. The number of allylic oxidation sites excluding steroid dienone is 2. The Kier molecular flexibility index (Phi) is 5.93. The van der Waals surface area contributed by atoms with E-state index in [4.69, 9.17) is 9.26 Å². The highest BCUT2D eigenvalue weighted by Crippen LogP contribution is 2.41. The van der Waals surface area contributed by atoms with Gasteiger partial charge in [0.15, 0.2) is 0 Å². The number of carbonyl (C=O) groups is 1. The summed E-state index contributed by atoms with van der Waals surface area (Å²) in [7, 11) is -1.17. The number of hydrogen-bond acceptors (Lipinski definition) is 4. The molecule has 1 unspecified atom stereocenters. The number of ether oxygens (including phenoxy) is 1. The van der Waals surface area contributed by atoms with Gasteiger partial charge in [0.05, 0.1) is 0 Å². The molecular formula is C11H22NO4P. The second-order valence-electron chi connectivity index (χ2n) is 4.89. The molecule has 17 heavy (non-hydrogen) atoms. The molecule has 0 spiro atoms. The van der Waals surface area contributed by atoms with E-state index in [1.807, 2.05) is 0 Å². The molecule has 0 fully saturated rings. The molecular weight excluding hydrogens is 241 g/mol. The van der Waals surface area contributed by atoms with Crippen molar-refractivity contribution in [1.29, 1.82) is 0 Å². The van der Waals surface area contributed by atoms with Gasteiger partial charge in [-0.05, 0) is 27.7 Å². The standard InChI is InChI=1S/C11H22NO4P/c1-9(7-8-17(6,14)15-5)12-10(13)16-11(2,3)4/h7H,8H2,1-6H3,(H,12,13)/b9-7-. The number of amides is 1. The summed E-state index contributed by atoms with van der Waals surface area (Å²) in [4.78, 5) is 11.4. The Morgan fingerprint density at radius 1 is 1.41 bits per heavy atom. The minimum absolute atomic E-state index is 0.283. The van der Waals surface area contributed by atoms with Crippen LogP contribution in [-0.2, 0) is 13.8 Å². The van der Waals surface area contributed by atoms with E-state index >= 15 is 0 Å². The van der Waals surface area contributed by atoms with E-state index in [-0.39, 0.29) is 6.16 Å². The van der Waals surface area contributed by atoms with Crippen molar-refractivity contribution in [2.75, 3.05) is 19.9 Å². The first-order valence-corrected chi connectivity index (χ1v) is 7.60. The summed E-state index contributed by atoms with van der Waals surface area (Å²) in [5, 5.41) is 2.56. The Bertz CT molecular complexity index is 344. The van der Waals surface area contributed by atoms with Crippen molar-refractivity contribution in [3.63, 3.8) is 0 Å². The predicted molar refractivity (Wildman–Crippen MR) is 68.5 cm³/mol. The molecule has 100 valence electrons. The van der Waals surface area contributed by atoms with Gasteiger partial charge in [-0.2, -0.15) is 0 Å². The zero-order valence-corrected chi connectivity index (χ0v) is 12.3. The van der Waals surface area contributed by atoms with Crippen molar-refractivity contribution in [2.24, 2.45) is 0 Å². The van der Waals surface area contributed by atoms with Gasteiger partial charge in [-0.3, -0.25) is 9.88 Å². The van der Waals surface area contributed by atoms with Crippen LogP contribution in [0.5, 0.6) is 0 Å². The minimum atomic E-state index is -2.58. The van der Waals surface area contributed by atoms with E-state index in [9.17, 15) is 9.36 Å². The van der Waals surface area contributed by atoms with Gasteiger partial charge in [0.25, 0.3) is 0 Å². The number of hydrogen-bond donors (Lipinski definition) is 1. The van der Waals surface area contributed by atoms with E-state index < -0.39 is 19.1 Å². The predicted octanol–water partition coefficient (Wildman–Crippen LogP) is 2.97. The average Bonchev–Trinajstić information content (AvgIpc) is 2.12. The third-order valence-electron chi connectivity index (χ3n) is 1.81. The number of carbonyl (C=O) groups excluding carboxylic acids is 1. The topological polar surface area (TPSA) is 64.6 Å². The fourth-order valence-electron chi connectivity index (χ4n) is 0.893. The monoisotopic (exact) mass is 263 g/mol. The highest BCUT2D eigenvalue weighted by Gasteiger charge is 2.16. The minimum Gasteiger partial charge on any atom is -0.444 e. The molecule has 0 aromatic heterocycles. The molecule has 0 heterocycles. The fraction of sp³-hybridized carbons (Fsp3) is 0.727. The normalized spacial score (nSPS) is 16.2. The molecule has 1 amide bonds. The third kappa shape index (κ3) is 8.95. The van der Waals surface area contributed by atoms with Crippen molar-refractivity contribution in [2.45, 2.75) is 33.3 Å². The first kappa shape index (κ1) is 16.2. The lowest BCUT2D eigenvalue weighted by Gasteiger charge is -2.19. The zero-order valence-electron chi connectivity index (χ0n) is 11.4. The maximum Gasteiger partial charge on any atom is 0.411 e. The number of nitrogens with one attached hydrogen (secondary N) is 1. The van der Waals surface area contributed by atoms with Gasteiger partial charge in [-0.25, -0.2) is 4.79 Å². The van der Waals surface area contributed by atoms with E-state index in [0.29, 0.717) is 5.70 Å². The van der Waals surface area contributed by atoms with Crippen LogP contribution >= 0.6 is 7.37 Å². The van der Waals surface area contributed by atoms with Crippen LogP contribution in [0.3, 0.4) is 0 Å². The van der Waals surface area contributed by atoms with E-state index in [1.165, 1.54) is 7.11 Å². The third-order valence-corrected chi connectivity index (χ3v) is 3.43. The van der Waals surface area contributed by atoms with Gasteiger partial charge >= 0.3 is 6.09 Å². The molecule has 6 heteroatoms. The molecule has 0 aromatic carbocycles. The first-order chi connectivity index (χ1) is 7.56. The van der Waals surface area contributed by atoms with Crippen molar-refractivity contribution in [3.8, 4) is 0 Å². The largest absolute Gasteiger partial charge is 0.444 e. The zero-order chi connectivity index (χ0) is 13.7. The summed E-state index contributed by atoms with van der Waals surface area (Å²) < 4.78 is 21.5. The molecule has 0 saturated carbocycles.